The number of hydrogen-bond donors (Lipinski definition) is 6. The molecule has 1 aliphatic carbocycles. The van der Waals surface area contributed by atoms with E-state index in [1.165, 1.54) is 23.2 Å². The average Bonchev–Trinajstić information content (AvgIpc) is 3.88. The van der Waals surface area contributed by atoms with E-state index in [9.17, 15) is 32.3 Å². The van der Waals surface area contributed by atoms with Gasteiger partial charge < -0.3 is 37.0 Å². The van der Waals surface area contributed by atoms with E-state index < -0.39 is 50.6 Å². The molecular formula is C45H58BrFN10O6S2. The van der Waals surface area contributed by atoms with Gasteiger partial charge in [0.25, 0.3) is 5.91 Å². The molecule has 2 aliphatic heterocycles. The number of aromatic nitrogens is 3. The molecule has 7 N–H and O–H groups in total. The number of piperidine rings is 1. The van der Waals surface area contributed by atoms with Crippen LogP contribution < -0.4 is 27.0 Å². The number of aliphatic hydroxyl groups is 1. The van der Waals surface area contributed by atoms with Crippen molar-refractivity contribution in [2.24, 2.45) is 11.1 Å². The Morgan fingerprint density at radius 1 is 1.02 bits per heavy atom. The summed E-state index contributed by atoms with van der Waals surface area (Å²) < 4.78 is 44.7. The third-order valence-electron chi connectivity index (χ3n) is 12.6. The monoisotopic (exact) mass is 996 g/mol. The fourth-order valence-corrected chi connectivity index (χ4v) is 12.2. The van der Waals surface area contributed by atoms with Crippen molar-refractivity contribution in [3.05, 3.63) is 81.3 Å². The van der Waals surface area contributed by atoms with Gasteiger partial charge >= 0.3 is 0 Å². The van der Waals surface area contributed by atoms with E-state index in [-0.39, 0.29) is 72.5 Å². The molecule has 65 heavy (non-hydrogen) atoms. The molecule has 4 heterocycles. The van der Waals surface area contributed by atoms with Crippen molar-refractivity contribution in [1.82, 2.24) is 34.8 Å². The van der Waals surface area contributed by atoms with Gasteiger partial charge in [-0.05, 0) is 97.0 Å². The lowest BCUT2D eigenvalue weighted by atomic mass is 9.83. The van der Waals surface area contributed by atoms with Crippen LogP contribution in [0.2, 0.25) is 0 Å². The highest BCUT2D eigenvalue weighted by Crippen LogP contribution is 2.34. The highest BCUT2D eigenvalue weighted by molar-refractivity contribution is 9.10. The first kappa shape index (κ1) is 48.3. The van der Waals surface area contributed by atoms with Crippen molar-refractivity contribution in [3.8, 4) is 10.4 Å². The predicted molar refractivity (Wildman–Crippen MR) is 252 cm³/mol. The highest BCUT2D eigenvalue weighted by Gasteiger charge is 2.46. The summed E-state index contributed by atoms with van der Waals surface area (Å²) in [7, 11) is -3.68. The van der Waals surface area contributed by atoms with Crippen LogP contribution in [0.3, 0.4) is 0 Å². The van der Waals surface area contributed by atoms with E-state index in [0.29, 0.717) is 49.5 Å². The molecule has 3 aliphatic rings. The number of hydrogen-bond acceptors (Lipinski definition) is 13. The topological polar surface area (TPSA) is 225 Å². The number of carbonyl (C=O) groups excluding carboxylic acids is 3. The molecule has 16 nitrogen and oxygen atoms in total. The highest BCUT2D eigenvalue weighted by atomic mass is 79.9. The smallest absolute Gasteiger partial charge is 0.253 e. The Morgan fingerprint density at radius 2 is 1.74 bits per heavy atom. The molecule has 2 saturated heterocycles. The average molecular weight is 998 g/mol. The Hall–Kier alpha value is -4.60. The molecule has 2 aromatic heterocycles. The van der Waals surface area contributed by atoms with E-state index in [1.807, 2.05) is 64.4 Å². The van der Waals surface area contributed by atoms with Gasteiger partial charge in [0.1, 0.15) is 17.7 Å². The second kappa shape index (κ2) is 20.1. The van der Waals surface area contributed by atoms with Crippen LogP contribution in [-0.2, 0) is 19.6 Å². The number of likely N-dealkylation sites (tertiary alicyclic amines) is 1. The second-order valence-electron chi connectivity index (χ2n) is 18.4. The number of primary amides is 1. The Bertz CT molecular complexity index is 2480. The number of benzene rings is 2. The molecule has 2 aromatic carbocycles. The van der Waals surface area contributed by atoms with Gasteiger partial charge in [-0.3, -0.25) is 14.4 Å². The summed E-state index contributed by atoms with van der Waals surface area (Å²) in [5, 5.41) is 23.0. The summed E-state index contributed by atoms with van der Waals surface area (Å²) in [6, 6.07) is 9.77. The molecule has 0 radical (unpaired) electrons. The Kier molecular flexibility index (Phi) is 14.9. The minimum Gasteiger partial charge on any atom is -0.391 e. The Labute approximate surface area is 392 Å². The number of thiazole rings is 1. The van der Waals surface area contributed by atoms with Crippen LogP contribution >= 0.6 is 27.3 Å². The first-order valence-electron chi connectivity index (χ1n) is 22.0. The van der Waals surface area contributed by atoms with Gasteiger partial charge in [-0.2, -0.15) is 9.29 Å². The number of carbonyl (C=O) groups is 3. The molecule has 1 unspecified atom stereocenters. The standard InChI is InChI=1S/C45H58BrFN10O6S2/c1-25(27-11-13-28(14-12-27)38-26(2)50-24-64-38)51-42(60)36-20-31(58)23-57(36)43(61)39(45(3,4)5)52-29-15-17-32(18-16-29)65(62,63)56-19-7-8-30(22-56)53-44-49-21-33(46)41(55-44)54-35-10-6-9-34(47)37(35)40(48)59/h6,9-14,21,24-25,29-32,36,39,52,58H,7-8,15-20,22-23H2,1-5H3,(H2,48,59)(H,51,60)(H2,49,53,54,55)/t25-,29?,30+,31+,32?,36?,39+/m0/s1. The molecular weight excluding hydrogens is 940 g/mol. The van der Waals surface area contributed by atoms with E-state index >= 15 is 0 Å². The number of amides is 3. The largest absolute Gasteiger partial charge is 0.391 e. The fraction of sp³-hybridized carbons (Fsp3) is 0.511. The van der Waals surface area contributed by atoms with Crippen molar-refractivity contribution >= 4 is 72.5 Å². The molecule has 7 rings (SSSR count). The van der Waals surface area contributed by atoms with Crippen molar-refractivity contribution in [1.29, 1.82) is 0 Å². The normalized spacial score (nSPS) is 22.8. The van der Waals surface area contributed by atoms with E-state index in [0.717, 1.165) is 27.8 Å². The molecule has 1 saturated carbocycles. The van der Waals surface area contributed by atoms with Gasteiger partial charge in [0.05, 0.1) is 55.2 Å². The van der Waals surface area contributed by atoms with E-state index in [1.54, 1.807) is 15.6 Å². The number of nitrogens with zero attached hydrogens (tertiary/aromatic N) is 5. The molecule has 20 heteroatoms. The van der Waals surface area contributed by atoms with Gasteiger partial charge in [-0.15, -0.1) is 11.3 Å². The summed E-state index contributed by atoms with van der Waals surface area (Å²) in [5.41, 5.74) is 9.44. The van der Waals surface area contributed by atoms with Crippen LogP contribution in [0.5, 0.6) is 0 Å². The van der Waals surface area contributed by atoms with Gasteiger partial charge in [-0.25, -0.2) is 22.8 Å². The van der Waals surface area contributed by atoms with Crippen molar-refractivity contribution in [2.45, 2.75) is 121 Å². The van der Waals surface area contributed by atoms with Crippen LogP contribution in [0.15, 0.2) is 58.6 Å². The maximum atomic E-state index is 14.4. The second-order valence-corrected chi connectivity index (χ2v) is 22.3. The number of aliphatic hydroxyl groups excluding tert-OH is 1. The number of β-amino-alcohol motifs (C(OH)–C–C–N with tert-alkyl or cyclic N) is 1. The van der Waals surface area contributed by atoms with Crippen LogP contribution in [0.4, 0.5) is 21.8 Å². The summed E-state index contributed by atoms with van der Waals surface area (Å²) in [4.78, 5) is 56.0. The maximum absolute atomic E-state index is 14.4. The van der Waals surface area contributed by atoms with Crippen molar-refractivity contribution in [2.75, 3.05) is 30.3 Å². The minimum atomic E-state index is -3.68. The summed E-state index contributed by atoms with van der Waals surface area (Å²) in [5.74, 6) is -1.83. The number of rotatable bonds is 14. The van der Waals surface area contributed by atoms with Crippen LogP contribution in [0, 0.1) is 18.2 Å². The van der Waals surface area contributed by atoms with Crippen LogP contribution in [-0.4, -0.2) is 111 Å². The lowest BCUT2D eigenvalue weighted by Gasteiger charge is -2.40. The summed E-state index contributed by atoms with van der Waals surface area (Å²) >= 11 is 4.97. The van der Waals surface area contributed by atoms with Gasteiger partial charge in [0.2, 0.25) is 27.8 Å². The Balaban J connectivity index is 0.940. The molecule has 0 spiro atoms. The number of halogens is 2. The van der Waals surface area contributed by atoms with Crippen molar-refractivity contribution in [3.63, 3.8) is 0 Å². The minimum absolute atomic E-state index is 0.0395. The number of nitrogens with one attached hydrogen (secondary N) is 4. The van der Waals surface area contributed by atoms with E-state index in [4.69, 9.17) is 5.73 Å². The number of nitrogens with two attached hydrogens (primary N) is 1. The molecule has 350 valence electrons. The zero-order chi connectivity index (χ0) is 46.8. The fourth-order valence-electron chi connectivity index (χ4n) is 9.04. The third-order valence-corrected chi connectivity index (χ3v) is 16.5. The first-order chi connectivity index (χ1) is 30.8. The lowest BCUT2D eigenvalue weighted by Crippen LogP contribution is -2.59. The number of aryl methyl sites for hydroxylation is 1. The first-order valence-corrected chi connectivity index (χ1v) is 25.2. The zero-order valence-corrected chi connectivity index (χ0v) is 40.4. The molecule has 3 fully saturated rings. The summed E-state index contributed by atoms with van der Waals surface area (Å²) in [6.07, 6.45) is 3.99. The quantitative estimate of drug-likeness (QED) is 0.0855. The van der Waals surface area contributed by atoms with Gasteiger partial charge in [0, 0.05) is 44.3 Å². The van der Waals surface area contributed by atoms with Crippen LogP contribution in [0.1, 0.15) is 100 Å². The predicted octanol–water partition coefficient (Wildman–Crippen LogP) is 6.01. The maximum Gasteiger partial charge on any atom is 0.253 e. The molecule has 4 aromatic rings. The summed E-state index contributed by atoms with van der Waals surface area (Å²) in [6.45, 7) is 10.4. The zero-order valence-electron chi connectivity index (χ0n) is 37.2. The molecule has 5 atom stereocenters. The lowest BCUT2D eigenvalue weighted by molar-refractivity contribution is -0.142. The third kappa shape index (κ3) is 11.2. The molecule has 0 bridgehead atoms. The Morgan fingerprint density at radius 3 is 2.40 bits per heavy atom. The van der Waals surface area contributed by atoms with Gasteiger partial charge in [0.15, 0.2) is 0 Å². The number of sulfonamides is 1. The number of anilines is 3. The molecule has 3 amide bonds. The van der Waals surface area contributed by atoms with Gasteiger partial charge in [-0.1, -0.05) is 51.1 Å². The van der Waals surface area contributed by atoms with E-state index in [2.05, 4.69) is 52.1 Å². The SMILES string of the molecule is Cc1ncsc1-c1ccc([C@H](C)NC(=O)C2C[C@@H](O)CN2C(=O)[C@@H](NC2CCC(S(=O)(=O)N3CCC[C@@H](Nc4ncc(Br)c(Nc5cccc(F)c5C(N)=O)n4)C3)CC2)C(C)(C)C)cc1. The van der Waals surface area contributed by atoms with Crippen molar-refractivity contribution < 1.29 is 32.3 Å². The van der Waals surface area contributed by atoms with Crippen LogP contribution in [0.25, 0.3) is 10.4 Å².